The van der Waals surface area contributed by atoms with Gasteiger partial charge in [0.15, 0.2) is 5.96 Å². The molecule has 0 radical (unpaired) electrons. The van der Waals surface area contributed by atoms with Crippen molar-refractivity contribution in [1.82, 2.24) is 15.5 Å². The number of guanidine groups is 1. The van der Waals surface area contributed by atoms with E-state index in [1.54, 1.807) is 7.11 Å². The van der Waals surface area contributed by atoms with Crippen LogP contribution >= 0.6 is 24.0 Å². The molecule has 0 spiro atoms. The minimum Gasteiger partial charge on any atom is -0.491 e. The van der Waals surface area contributed by atoms with Gasteiger partial charge >= 0.3 is 0 Å². The van der Waals surface area contributed by atoms with Crippen molar-refractivity contribution in [1.29, 1.82) is 0 Å². The number of halogens is 1. The number of hydrogen-bond acceptors (Lipinski definition) is 4. The van der Waals surface area contributed by atoms with Crippen LogP contribution in [0.15, 0.2) is 23.2 Å². The van der Waals surface area contributed by atoms with Crippen LogP contribution in [0.2, 0.25) is 0 Å². The fourth-order valence-corrected chi connectivity index (χ4v) is 3.51. The maximum Gasteiger partial charge on any atom is 0.191 e. The van der Waals surface area contributed by atoms with E-state index in [0.29, 0.717) is 25.7 Å². The van der Waals surface area contributed by atoms with Crippen LogP contribution in [0, 0.1) is 12.8 Å². The summed E-state index contributed by atoms with van der Waals surface area (Å²) < 4.78 is 11.0. The van der Waals surface area contributed by atoms with E-state index in [-0.39, 0.29) is 24.0 Å². The van der Waals surface area contributed by atoms with Gasteiger partial charge in [0.1, 0.15) is 12.4 Å². The Morgan fingerprint density at radius 1 is 1.24 bits per heavy atom. The van der Waals surface area contributed by atoms with Crippen LogP contribution in [0.5, 0.6) is 5.75 Å². The third-order valence-corrected chi connectivity index (χ3v) is 4.99. The Labute approximate surface area is 193 Å². The van der Waals surface area contributed by atoms with Crippen LogP contribution in [0.3, 0.4) is 0 Å². The summed E-state index contributed by atoms with van der Waals surface area (Å²) in [6, 6.07) is 6.28. The van der Waals surface area contributed by atoms with Gasteiger partial charge < -0.3 is 25.0 Å². The summed E-state index contributed by atoms with van der Waals surface area (Å²) in [6.07, 6.45) is 2.50. The number of rotatable bonds is 11. The Balaban J connectivity index is 0.00000420. The number of nitrogens with one attached hydrogen (secondary N) is 2. The number of methoxy groups -OCH3 is 1. The van der Waals surface area contributed by atoms with E-state index >= 15 is 0 Å². The lowest BCUT2D eigenvalue weighted by molar-refractivity contribution is 0.145. The Morgan fingerprint density at radius 3 is 2.79 bits per heavy atom. The summed E-state index contributed by atoms with van der Waals surface area (Å²) in [5.41, 5.74) is 2.27. The van der Waals surface area contributed by atoms with Crippen molar-refractivity contribution < 1.29 is 9.47 Å². The van der Waals surface area contributed by atoms with Gasteiger partial charge in [-0.2, -0.15) is 0 Å². The molecule has 29 heavy (non-hydrogen) atoms. The first-order valence-corrected chi connectivity index (χ1v) is 10.6. The van der Waals surface area contributed by atoms with Crippen LogP contribution in [-0.4, -0.2) is 63.9 Å². The highest BCUT2D eigenvalue weighted by Crippen LogP contribution is 2.21. The van der Waals surface area contributed by atoms with E-state index in [1.165, 1.54) is 38.0 Å². The highest BCUT2D eigenvalue weighted by atomic mass is 127. The van der Waals surface area contributed by atoms with Gasteiger partial charge in [-0.15, -0.1) is 24.0 Å². The lowest BCUT2D eigenvalue weighted by atomic mass is 10.1. The Kier molecular flexibility index (Phi) is 13.3. The molecule has 1 aliphatic rings. The number of nitrogens with zero attached hydrogens (tertiary/aromatic N) is 2. The second-order valence-corrected chi connectivity index (χ2v) is 7.48. The topological polar surface area (TPSA) is 58.1 Å². The average Bonchev–Trinajstić information content (AvgIpc) is 3.13. The third kappa shape index (κ3) is 9.53. The van der Waals surface area contributed by atoms with Crippen molar-refractivity contribution in [3.8, 4) is 5.75 Å². The summed E-state index contributed by atoms with van der Waals surface area (Å²) in [5.74, 6) is 2.46. The van der Waals surface area contributed by atoms with Gasteiger partial charge in [-0.3, -0.25) is 0 Å². The molecule has 1 saturated heterocycles. The van der Waals surface area contributed by atoms with Gasteiger partial charge in [0, 0.05) is 32.3 Å². The standard InChI is InChI=1S/C22H38N4O2.HI/c1-5-10-26-11-9-19(17-26)15-24-22(23-6-2)25-16-20-8-7-18(3)14-21(20)28-13-12-27-4;/h7-8,14,19H,5-6,9-13,15-17H2,1-4H3,(H2,23,24,25);1H. The van der Waals surface area contributed by atoms with Crippen molar-refractivity contribution >= 4 is 29.9 Å². The molecule has 1 unspecified atom stereocenters. The molecular weight excluding hydrogens is 479 g/mol. The molecule has 166 valence electrons. The first-order valence-electron chi connectivity index (χ1n) is 10.6. The molecule has 0 saturated carbocycles. The SMILES string of the molecule is CCCN1CCC(CNC(=NCc2ccc(C)cc2OCCOC)NCC)C1.I. The van der Waals surface area contributed by atoms with Gasteiger partial charge in [0.25, 0.3) is 0 Å². The van der Waals surface area contributed by atoms with Crippen LogP contribution in [-0.2, 0) is 11.3 Å². The van der Waals surface area contributed by atoms with E-state index in [2.05, 4.69) is 54.5 Å². The number of hydrogen-bond donors (Lipinski definition) is 2. The highest BCUT2D eigenvalue weighted by molar-refractivity contribution is 14.0. The molecule has 1 atom stereocenters. The average molecular weight is 518 g/mol. The summed E-state index contributed by atoms with van der Waals surface area (Å²) in [4.78, 5) is 7.35. The lowest BCUT2D eigenvalue weighted by Gasteiger charge is -2.17. The van der Waals surface area contributed by atoms with Crippen LogP contribution in [0.25, 0.3) is 0 Å². The molecule has 1 heterocycles. The Bertz CT molecular complexity index is 612. The lowest BCUT2D eigenvalue weighted by Crippen LogP contribution is -2.40. The molecule has 0 bridgehead atoms. The third-order valence-electron chi connectivity index (χ3n) is 4.99. The molecule has 0 aliphatic carbocycles. The van der Waals surface area contributed by atoms with Gasteiger partial charge in [0.2, 0.25) is 0 Å². The quantitative estimate of drug-likeness (QED) is 0.204. The predicted molar refractivity (Wildman–Crippen MR) is 132 cm³/mol. The molecule has 0 amide bonds. The van der Waals surface area contributed by atoms with Crippen molar-refractivity contribution in [2.45, 2.75) is 40.2 Å². The zero-order chi connectivity index (χ0) is 20.2. The summed E-state index contributed by atoms with van der Waals surface area (Å²) in [7, 11) is 1.69. The van der Waals surface area contributed by atoms with Crippen LogP contribution < -0.4 is 15.4 Å². The second kappa shape index (κ2) is 14.8. The van der Waals surface area contributed by atoms with Gasteiger partial charge in [-0.1, -0.05) is 19.1 Å². The molecular formula is C22H39IN4O2. The molecule has 1 aromatic rings. The zero-order valence-electron chi connectivity index (χ0n) is 18.5. The maximum absolute atomic E-state index is 5.89. The van der Waals surface area contributed by atoms with Crippen LogP contribution in [0.1, 0.15) is 37.8 Å². The summed E-state index contributed by atoms with van der Waals surface area (Å²) in [5, 5.41) is 6.89. The molecule has 1 aliphatic heterocycles. The second-order valence-electron chi connectivity index (χ2n) is 7.48. The fraction of sp³-hybridized carbons (Fsp3) is 0.682. The zero-order valence-corrected chi connectivity index (χ0v) is 20.8. The number of aliphatic imine (C=N–C) groups is 1. The summed E-state index contributed by atoms with van der Waals surface area (Å²) in [6.45, 7) is 13.6. The number of benzene rings is 1. The first-order chi connectivity index (χ1) is 13.7. The Hall–Kier alpha value is -1.06. The predicted octanol–water partition coefficient (Wildman–Crippen LogP) is 3.43. The number of aryl methyl sites for hydroxylation is 1. The number of ether oxygens (including phenoxy) is 2. The minimum atomic E-state index is 0. The van der Waals surface area contributed by atoms with E-state index in [1.807, 2.05) is 0 Å². The Morgan fingerprint density at radius 2 is 2.07 bits per heavy atom. The first kappa shape index (κ1) is 26.0. The minimum absolute atomic E-state index is 0. The smallest absolute Gasteiger partial charge is 0.191 e. The molecule has 1 fully saturated rings. The highest BCUT2D eigenvalue weighted by Gasteiger charge is 2.21. The van der Waals surface area contributed by atoms with Gasteiger partial charge in [-0.25, -0.2) is 4.99 Å². The summed E-state index contributed by atoms with van der Waals surface area (Å²) >= 11 is 0. The van der Waals surface area contributed by atoms with E-state index in [4.69, 9.17) is 14.5 Å². The van der Waals surface area contributed by atoms with E-state index in [9.17, 15) is 0 Å². The van der Waals surface area contributed by atoms with Gasteiger partial charge in [-0.05, 0) is 57.3 Å². The van der Waals surface area contributed by atoms with Crippen LogP contribution in [0.4, 0.5) is 0 Å². The monoisotopic (exact) mass is 518 g/mol. The molecule has 2 N–H and O–H groups in total. The molecule has 6 nitrogen and oxygen atoms in total. The van der Waals surface area contributed by atoms with Crippen molar-refractivity contribution in [2.24, 2.45) is 10.9 Å². The molecule has 0 aromatic heterocycles. The maximum atomic E-state index is 5.89. The van der Waals surface area contributed by atoms with Crippen molar-refractivity contribution in [3.63, 3.8) is 0 Å². The number of likely N-dealkylation sites (tertiary alicyclic amines) is 1. The molecule has 7 heteroatoms. The van der Waals surface area contributed by atoms with E-state index < -0.39 is 0 Å². The fourth-order valence-electron chi connectivity index (χ4n) is 3.51. The van der Waals surface area contributed by atoms with Gasteiger partial charge in [0.05, 0.1) is 13.2 Å². The van der Waals surface area contributed by atoms with Crippen molar-refractivity contribution in [2.75, 3.05) is 53.0 Å². The van der Waals surface area contributed by atoms with E-state index in [0.717, 1.165) is 30.4 Å². The normalized spacial score (nSPS) is 17.1. The molecule has 2 rings (SSSR count). The molecule has 1 aromatic carbocycles. The van der Waals surface area contributed by atoms with Crippen molar-refractivity contribution in [3.05, 3.63) is 29.3 Å². The largest absolute Gasteiger partial charge is 0.491 e.